The molecule has 1 aliphatic rings. The van der Waals surface area contributed by atoms with Crippen LogP contribution in [0.15, 0.2) is 76.5 Å². The van der Waals surface area contributed by atoms with E-state index >= 15 is 0 Å². The van der Waals surface area contributed by atoms with Crippen LogP contribution in [0.1, 0.15) is 33.9 Å². The van der Waals surface area contributed by atoms with Crippen LogP contribution in [0, 0.1) is 0 Å². The zero-order valence-electron chi connectivity index (χ0n) is 18.3. The molecule has 9 nitrogen and oxygen atoms in total. The highest BCUT2D eigenvalue weighted by Gasteiger charge is 2.26. The minimum absolute atomic E-state index is 0.167. The van der Waals surface area contributed by atoms with Crippen LogP contribution in [0.4, 0.5) is 0 Å². The highest BCUT2D eigenvalue weighted by Crippen LogP contribution is 2.33. The summed E-state index contributed by atoms with van der Waals surface area (Å²) in [5, 5.41) is 3.37. The van der Waals surface area contributed by atoms with Gasteiger partial charge in [0.1, 0.15) is 4.90 Å². The monoisotopic (exact) mass is 535 g/mol. The Morgan fingerprint density at radius 3 is 2.26 bits per heavy atom. The van der Waals surface area contributed by atoms with Gasteiger partial charge in [0, 0.05) is 12.8 Å². The Labute approximate surface area is 204 Å². The Hall–Kier alpha value is -2.87. The molecule has 0 bridgehead atoms. The lowest BCUT2D eigenvalue weighted by Crippen LogP contribution is -2.13. The summed E-state index contributed by atoms with van der Waals surface area (Å²) < 4.78 is 82.7. The van der Waals surface area contributed by atoms with E-state index in [0.717, 1.165) is 28.3 Å². The van der Waals surface area contributed by atoms with Crippen molar-refractivity contribution < 1.29 is 33.4 Å². The number of sulfone groups is 1. The maximum Gasteiger partial charge on any atom is 0.412 e. The first kappa shape index (κ1) is 25.2. The average molecular weight is 536 g/mol. The molecule has 1 heterocycles. The van der Waals surface area contributed by atoms with Gasteiger partial charge >= 0.3 is 20.5 Å². The van der Waals surface area contributed by atoms with E-state index in [-0.39, 0.29) is 16.5 Å². The van der Waals surface area contributed by atoms with Crippen molar-refractivity contribution in [1.82, 2.24) is 5.32 Å². The smallest absolute Gasteiger partial charge is 0.302 e. The van der Waals surface area contributed by atoms with E-state index < -0.39 is 35.2 Å². The van der Waals surface area contributed by atoms with Gasteiger partial charge in [0.25, 0.3) is 0 Å². The van der Waals surface area contributed by atoms with Crippen LogP contribution in [0.25, 0.3) is 12.2 Å². The van der Waals surface area contributed by atoms with E-state index in [1.807, 2.05) is 30.3 Å². The number of hydrogen-bond donors (Lipinski definition) is 2. The van der Waals surface area contributed by atoms with Gasteiger partial charge in [0.05, 0.1) is 10.9 Å². The Kier molecular flexibility index (Phi) is 6.70. The molecule has 0 saturated carbocycles. The quantitative estimate of drug-likeness (QED) is 0.345. The molecule has 0 aromatic heterocycles. The topological polar surface area (TPSA) is 144 Å². The van der Waals surface area contributed by atoms with Gasteiger partial charge in [0.15, 0.2) is 9.84 Å². The lowest BCUT2D eigenvalue weighted by Gasteiger charge is -2.14. The van der Waals surface area contributed by atoms with Crippen LogP contribution in [0.3, 0.4) is 0 Å². The number of rotatable bonds is 7. The molecule has 35 heavy (non-hydrogen) atoms. The molecule has 0 amide bonds. The summed E-state index contributed by atoms with van der Waals surface area (Å²) in [6.07, 6.45) is 4.30. The van der Waals surface area contributed by atoms with Gasteiger partial charge in [-0.05, 0) is 46.0 Å². The highest BCUT2D eigenvalue weighted by atomic mass is 32.3. The Morgan fingerprint density at radius 1 is 0.914 bits per heavy atom. The van der Waals surface area contributed by atoms with Crippen LogP contribution >= 0.6 is 0 Å². The van der Waals surface area contributed by atoms with Gasteiger partial charge < -0.3 is 5.32 Å². The molecule has 184 valence electrons. The van der Waals surface area contributed by atoms with Crippen molar-refractivity contribution in [3.8, 4) is 0 Å². The second-order valence-electron chi connectivity index (χ2n) is 7.93. The minimum atomic E-state index is -5.21. The molecule has 3 aromatic carbocycles. The fourth-order valence-corrected chi connectivity index (χ4v) is 6.36. The van der Waals surface area contributed by atoms with Crippen LogP contribution in [-0.2, 0) is 40.5 Å². The third-order valence-electron chi connectivity index (χ3n) is 5.44. The van der Waals surface area contributed by atoms with Crippen molar-refractivity contribution in [2.45, 2.75) is 22.4 Å². The molecule has 12 heteroatoms. The summed E-state index contributed by atoms with van der Waals surface area (Å²) in [4.78, 5) is -0.157. The summed E-state index contributed by atoms with van der Waals surface area (Å²) in [6, 6.07) is 17.9. The van der Waals surface area contributed by atoms with Crippen molar-refractivity contribution in [2.75, 3.05) is 6.26 Å². The fourth-order valence-electron chi connectivity index (χ4n) is 3.83. The number of hydrogen-bond acceptors (Lipinski definition) is 8. The Morgan fingerprint density at radius 2 is 1.60 bits per heavy atom. The lowest BCUT2D eigenvalue weighted by molar-refractivity contribution is 0.383. The molecule has 1 aliphatic heterocycles. The van der Waals surface area contributed by atoms with E-state index in [1.165, 1.54) is 24.5 Å². The van der Waals surface area contributed by atoms with E-state index in [2.05, 4.69) is 8.95 Å². The largest absolute Gasteiger partial charge is 0.412 e. The summed E-state index contributed by atoms with van der Waals surface area (Å²) in [5.41, 5.74) is 3.75. The molecule has 1 atom stereocenters. The number of benzene rings is 3. The van der Waals surface area contributed by atoms with Crippen molar-refractivity contribution in [1.29, 1.82) is 0 Å². The molecule has 0 saturated heterocycles. The molecule has 4 rings (SSSR count). The third-order valence-corrected chi connectivity index (χ3v) is 8.87. The Bertz CT molecular complexity index is 1630. The molecule has 1 unspecified atom stereocenters. The van der Waals surface area contributed by atoms with Crippen molar-refractivity contribution in [2.24, 2.45) is 0 Å². The van der Waals surface area contributed by atoms with E-state index in [9.17, 15) is 25.3 Å². The second-order valence-corrected chi connectivity index (χ2v) is 12.7. The molecule has 3 aromatic rings. The standard InChI is InChI=1S/C23H21NO8S3/c1-33(25,26)20-13-12-19-15-24-23(21(19)14-20)18-10-7-16(8-11-18)6-9-17-4-2-3-5-22(17)34(27,28)32-35(29,30)31/h2-14,23-24H,15H2,1H3,(H,29,30,31). The van der Waals surface area contributed by atoms with Gasteiger partial charge in [-0.2, -0.15) is 16.8 Å². The van der Waals surface area contributed by atoms with Gasteiger partial charge in [-0.1, -0.05) is 60.7 Å². The first-order valence-electron chi connectivity index (χ1n) is 10.2. The van der Waals surface area contributed by atoms with Gasteiger partial charge in [-0.15, -0.1) is 3.63 Å². The first-order chi connectivity index (χ1) is 16.3. The summed E-state index contributed by atoms with van der Waals surface area (Å²) in [6.45, 7) is 0.614. The summed E-state index contributed by atoms with van der Waals surface area (Å²) in [7, 11) is -13.3. The van der Waals surface area contributed by atoms with Gasteiger partial charge in [-0.25, -0.2) is 8.42 Å². The molecule has 2 N–H and O–H groups in total. The number of fused-ring (bicyclic) bond motifs is 1. The lowest BCUT2D eigenvalue weighted by atomic mass is 9.97. The van der Waals surface area contributed by atoms with Gasteiger partial charge in [-0.3, -0.25) is 4.55 Å². The predicted octanol–water partition coefficient (Wildman–Crippen LogP) is 2.96. The van der Waals surface area contributed by atoms with E-state index in [0.29, 0.717) is 6.54 Å². The van der Waals surface area contributed by atoms with Gasteiger partial charge in [0.2, 0.25) is 0 Å². The highest BCUT2D eigenvalue weighted by molar-refractivity contribution is 7.97. The maximum atomic E-state index is 12.2. The maximum absolute atomic E-state index is 12.2. The minimum Gasteiger partial charge on any atom is -0.302 e. The van der Waals surface area contributed by atoms with Crippen molar-refractivity contribution in [3.63, 3.8) is 0 Å². The van der Waals surface area contributed by atoms with Crippen LogP contribution in [-0.4, -0.2) is 36.1 Å². The van der Waals surface area contributed by atoms with Crippen LogP contribution < -0.4 is 5.32 Å². The molecule has 0 spiro atoms. The third kappa shape index (κ3) is 5.86. The molecular formula is C23H21NO8S3. The Balaban J connectivity index is 1.59. The molecule has 0 fully saturated rings. The molecule has 0 radical (unpaired) electrons. The first-order valence-corrected chi connectivity index (χ1v) is 14.9. The predicted molar refractivity (Wildman–Crippen MR) is 130 cm³/mol. The zero-order valence-corrected chi connectivity index (χ0v) is 20.8. The molecule has 0 aliphatic carbocycles. The van der Waals surface area contributed by atoms with Crippen LogP contribution in [0.2, 0.25) is 0 Å². The second kappa shape index (κ2) is 9.30. The van der Waals surface area contributed by atoms with Crippen LogP contribution in [0.5, 0.6) is 0 Å². The average Bonchev–Trinajstić information content (AvgIpc) is 3.19. The molecular weight excluding hydrogens is 514 g/mol. The van der Waals surface area contributed by atoms with Crippen molar-refractivity contribution in [3.05, 3.63) is 94.5 Å². The summed E-state index contributed by atoms with van der Waals surface area (Å²) >= 11 is 0. The normalized spacial score (nSPS) is 16.5. The SMILES string of the molecule is CS(=O)(=O)c1ccc2c(c1)C(c1ccc(C=Cc3ccccc3S(=O)(=O)OS(=O)(=O)O)cc1)NC2. The zero-order chi connectivity index (χ0) is 25.4. The summed E-state index contributed by atoms with van der Waals surface area (Å²) in [5.74, 6) is 0. The number of nitrogens with one attached hydrogen (secondary N) is 1. The van der Waals surface area contributed by atoms with E-state index in [1.54, 1.807) is 24.3 Å². The fraction of sp³-hybridized carbons (Fsp3) is 0.130. The van der Waals surface area contributed by atoms with E-state index in [4.69, 9.17) is 4.55 Å². The van der Waals surface area contributed by atoms with Crippen molar-refractivity contribution >= 4 is 42.5 Å².